The van der Waals surface area contributed by atoms with E-state index in [0.717, 1.165) is 4.90 Å². The van der Waals surface area contributed by atoms with Gasteiger partial charge in [-0.3, -0.25) is 19.3 Å². The molecule has 0 bridgehead atoms. The third-order valence-electron chi connectivity index (χ3n) is 3.55. The Labute approximate surface area is 145 Å². The Kier molecular flexibility index (Phi) is 6.47. The van der Waals surface area contributed by atoms with Crippen molar-refractivity contribution < 1.29 is 19.2 Å². The Morgan fingerprint density at radius 2 is 1.60 bits per heavy atom. The quantitative estimate of drug-likeness (QED) is 0.498. The minimum absolute atomic E-state index is 0.0155. The maximum Gasteiger partial charge on any atom is 0.324 e. The summed E-state index contributed by atoms with van der Waals surface area (Å²) < 4.78 is 0. The normalized spacial score (nSPS) is 13.6. The summed E-state index contributed by atoms with van der Waals surface area (Å²) >= 11 is 0. The molecule has 4 N–H and O–H groups in total. The van der Waals surface area contributed by atoms with Gasteiger partial charge in [-0.15, -0.1) is 0 Å². The smallest absolute Gasteiger partial charge is 0.324 e. The number of carbonyl (C=O) groups is 4. The molecule has 9 heteroatoms. The molecule has 5 amide bonds. The van der Waals surface area contributed by atoms with Gasteiger partial charge in [-0.1, -0.05) is 0 Å². The first-order valence-electron chi connectivity index (χ1n) is 7.92. The Hall–Kier alpha value is -2.94. The summed E-state index contributed by atoms with van der Waals surface area (Å²) in [5.41, 5.74) is 1.20. The number of urea groups is 1. The zero-order valence-electron chi connectivity index (χ0n) is 13.9. The fourth-order valence-electron chi connectivity index (χ4n) is 2.22. The molecule has 0 atom stereocenters. The lowest BCUT2D eigenvalue weighted by Crippen LogP contribution is -2.33. The molecule has 1 aromatic rings. The van der Waals surface area contributed by atoms with Crippen LogP contribution in [0.15, 0.2) is 24.3 Å². The highest BCUT2D eigenvalue weighted by molar-refractivity contribution is 6.02. The number of carbonyl (C=O) groups excluding carboxylic acids is 4. The average molecular weight is 347 g/mol. The molecule has 25 heavy (non-hydrogen) atoms. The maximum atomic E-state index is 11.9. The zero-order valence-corrected chi connectivity index (χ0v) is 13.9. The van der Waals surface area contributed by atoms with E-state index >= 15 is 0 Å². The number of hydrogen-bond donors (Lipinski definition) is 4. The minimum Gasteiger partial charge on any atom is -0.329 e. The van der Waals surface area contributed by atoms with Crippen molar-refractivity contribution in [3.63, 3.8) is 0 Å². The molecule has 9 nitrogen and oxygen atoms in total. The van der Waals surface area contributed by atoms with Crippen LogP contribution < -0.4 is 21.3 Å². The standard InChI is InChI=1S/C16H21N5O4/c1-17-8-6-13(22)19-11-2-4-12(5-3-11)20-14(23)7-9-21-15(24)10-18-16(21)25/h2-5,17H,6-10H2,1H3,(H,18,25)(H,19,22)(H,20,23). The van der Waals surface area contributed by atoms with E-state index < -0.39 is 6.03 Å². The summed E-state index contributed by atoms with van der Waals surface area (Å²) in [6.07, 6.45) is 0.388. The van der Waals surface area contributed by atoms with Gasteiger partial charge in [0.1, 0.15) is 0 Å². The Bertz CT molecular complexity index is 643. The monoisotopic (exact) mass is 347 g/mol. The average Bonchev–Trinajstić information content (AvgIpc) is 2.91. The summed E-state index contributed by atoms with van der Waals surface area (Å²) in [5, 5.41) is 10.7. The maximum absolute atomic E-state index is 11.9. The number of benzene rings is 1. The molecule has 0 spiro atoms. The number of anilines is 2. The van der Waals surface area contributed by atoms with Crippen LogP contribution in [0.2, 0.25) is 0 Å². The van der Waals surface area contributed by atoms with Gasteiger partial charge < -0.3 is 21.3 Å². The highest BCUT2D eigenvalue weighted by Gasteiger charge is 2.28. The van der Waals surface area contributed by atoms with Crippen LogP contribution in [0.5, 0.6) is 0 Å². The van der Waals surface area contributed by atoms with Gasteiger partial charge in [0.2, 0.25) is 17.7 Å². The number of hydrogen-bond acceptors (Lipinski definition) is 5. The lowest BCUT2D eigenvalue weighted by molar-refractivity contribution is -0.125. The van der Waals surface area contributed by atoms with E-state index in [9.17, 15) is 19.2 Å². The van der Waals surface area contributed by atoms with Gasteiger partial charge in [0.25, 0.3) is 0 Å². The second kappa shape index (κ2) is 8.78. The van der Waals surface area contributed by atoms with E-state index in [4.69, 9.17) is 0 Å². The molecule has 1 aliphatic heterocycles. The van der Waals surface area contributed by atoms with Crippen LogP contribution in [0.4, 0.5) is 16.2 Å². The van der Waals surface area contributed by atoms with Gasteiger partial charge in [0, 0.05) is 37.3 Å². The minimum atomic E-state index is -0.476. The molecule has 2 rings (SSSR count). The van der Waals surface area contributed by atoms with Gasteiger partial charge in [-0.25, -0.2) is 4.79 Å². The first-order chi connectivity index (χ1) is 12.0. The first-order valence-corrected chi connectivity index (χ1v) is 7.92. The van der Waals surface area contributed by atoms with E-state index in [1.807, 2.05) is 0 Å². The molecule has 0 saturated carbocycles. The molecule has 0 unspecified atom stereocenters. The Balaban J connectivity index is 1.78. The summed E-state index contributed by atoms with van der Waals surface area (Å²) in [7, 11) is 1.77. The second-order valence-corrected chi connectivity index (χ2v) is 5.48. The Morgan fingerprint density at radius 3 is 2.08 bits per heavy atom. The second-order valence-electron chi connectivity index (χ2n) is 5.48. The molecule has 1 heterocycles. The zero-order chi connectivity index (χ0) is 18.2. The molecular formula is C16H21N5O4. The number of rotatable bonds is 8. The molecule has 1 aromatic carbocycles. The van der Waals surface area contributed by atoms with Crippen LogP contribution >= 0.6 is 0 Å². The lowest BCUT2D eigenvalue weighted by Gasteiger charge is -2.12. The van der Waals surface area contributed by atoms with Crippen molar-refractivity contribution in [2.45, 2.75) is 12.8 Å². The fourth-order valence-corrected chi connectivity index (χ4v) is 2.22. The molecule has 1 saturated heterocycles. The van der Waals surface area contributed by atoms with Crippen LogP contribution in [0.25, 0.3) is 0 Å². The van der Waals surface area contributed by atoms with Crippen molar-refractivity contribution in [2.75, 3.05) is 37.3 Å². The predicted molar refractivity (Wildman–Crippen MR) is 92.0 cm³/mol. The van der Waals surface area contributed by atoms with Gasteiger partial charge in [-0.2, -0.15) is 0 Å². The van der Waals surface area contributed by atoms with E-state index in [1.54, 1.807) is 31.3 Å². The van der Waals surface area contributed by atoms with Crippen molar-refractivity contribution in [2.24, 2.45) is 0 Å². The topological polar surface area (TPSA) is 120 Å². The van der Waals surface area contributed by atoms with E-state index in [1.165, 1.54) is 0 Å². The molecule has 0 aliphatic carbocycles. The SMILES string of the molecule is CNCCC(=O)Nc1ccc(NC(=O)CCN2C(=O)CNC2=O)cc1. The molecular weight excluding hydrogens is 326 g/mol. The summed E-state index contributed by atoms with van der Waals surface area (Å²) in [6, 6.07) is 6.23. The van der Waals surface area contributed by atoms with Gasteiger partial charge in [0.05, 0.1) is 6.54 Å². The van der Waals surface area contributed by atoms with Crippen LogP contribution in [0.1, 0.15) is 12.8 Å². The molecule has 1 fully saturated rings. The third-order valence-corrected chi connectivity index (χ3v) is 3.55. The van der Waals surface area contributed by atoms with E-state index in [-0.39, 0.29) is 37.2 Å². The highest BCUT2D eigenvalue weighted by Crippen LogP contribution is 2.14. The first kappa shape index (κ1) is 18.4. The van der Waals surface area contributed by atoms with Crippen LogP contribution in [-0.4, -0.2) is 55.3 Å². The van der Waals surface area contributed by atoms with Crippen molar-refractivity contribution >= 4 is 35.1 Å². The largest absolute Gasteiger partial charge is 0.329 e. The van der Waals surface area contributed by atoms with Crippen molar-refractivity contribution in [1.82, 2.24) is 15.5 Å². The van der Waals surface area contributed by atoms with Gasteiger partial charge in [0.15, 0.2) is 0 Å². The van der Waals surface area contributed by atoms with Gasteiger partial charge in [-0.05, 0) is 31.3 Å². The number of amides is 5. The highest BCUT2D eigenvalue weighted by atomic mass is 16.2. The number of imide groups is 1. The molecule has 1 aliphatic rings. The van der Waals surface area contributed by atoms with Crippen LogP contribution in [-0.2, 0) is 14.4 Å². The molecule has 0 aromatic heterocycles. The van der Waals surface area contributed by atoms with Crippen molar-refractivity contribution in [1.29, 1.82) is 0 Å². The van der Waals surface area contributed by atoms with E-state index in [2.05, 4.69) is 21.3 Å². The summed E-state index contributed by atoms with van der Waals surface area (Å²) in [6.45, 7) is 0.607. The number of nitrogens with zero attached hydrogens (tertiary/aromatic N) is 1. The van der Waals surface area contributed by atoms with Crippen molar-refractivity contribution in [3.8, 4) is 0 Å². The van der Waals surface area contributed by atoms with E-state index in [0.29, 0.717) is 24.3 Å². The lowest BCUT2D eigenvalue weighted by atomic mass is 10.2. The van der Waals surface area contributed by atoms with Crippen LogP contribution in [0.3, 0.4) is 0 Å². The summed E-state index contributed by atoms with van der Waals surface area (Å²) in [4.78, 5) is 47.3. The third kappa shape index (κ3) is 5.57. The van der Waals surface area contributed by atoms with Gasteiger partial charge >= 0.3 is 6.03 Å². The summed E-state index contributed by atoms with van der Waals surface area (Å²) in [5.74, 6) is -0.742. The van der Waals surface area contributed by atoms with Crippen LogP contribution in [0, 0.1) is 0 Å². The fraction of sp³-hybridized carbons (Fsp3) is 0.375. The molecule has 0 radical (unpaired) electrons. The Morgan fingerprint density at radius 1 is 1.04 bits per heavy atom. The predicted octanol–water partition coefficient (Wildman–Crippen LogP) is 0.115. The molecule has 134 valence electrons. The number of nitrogens with one attached hydrogen (secondary N) is 4. The van der Waals surface area contributed by atoms with Crippen molar-refractivity contribution in [3.05, 3.63) is 24.3 Å².